The maximum atomic E-state index is 12.2. The molecule has 7 heteroatoms. The van der Waals surface area contributed by atoms with Gasteiger partial charge in [0.15, 0.2) is 0 Å². The highest BCUT2D eigenvalue weighted by Crippen LogP contribution is 2.27. The van der Waals surface area contributed by atoms with E-state index in [4.69, 9.17) is 23.2 Å². The summed E-state index contributed by atoms with van der Waals surface area (Å²) in [5.41, 5.74) is 0.967. The maximum absolute atomic E-state index is 12.2. The summed E-state index contributed by atoms with van der Waals surface area (Å²) in [4.78, 5) is 23.7. The molecule has 5 nitrogen and oxygen atoms in total. The van der Waals surface area contributed by atoms with E-state index in [1.165, 1.54) is 25.3 Å². The van der Waals surface area contributed by atoms with E-state index in [0.717, 1.165) is 5.56 Å². The number of phenols is 1. The number of halogens is 2. The minimum absolute atomic E-state index is 0.0142. The van der Waals surface area contributed by atoms with Gasteiger partial charge >= 0.3 is 5.97 Å². The standard InChI is InChI=1S/C16H13Cl2NO4/c1-23-16(22)14-12(17)6-10(7-13(14)18)15(21)19-8-9-3-2-4-11(20)5-9/h2-7,20H,8H2,1H3,(H,19,21). The zero-order valence-corrected chi connectivity index (χ0v) is 13.6. The Morgan fingerprint density at radius 3 is 2.39 bits per heavy atom. The Labute approximate surface area is 142 Å². The molecule has 0 radical (unpaired) electrons. The van der Waals surface area contributed by atoms with Crippen molar-refractivity contribution in [3.05, 3.63) is 63.1 Å². The molecule has 0 unspecified atom stereocenters. The molecule has 120 valence electrons. The Kier molecular flexibility index (Phi) is 5.47. The molecule has 0 saturated carbocycles. The van der Waals surface area contributed by atoms with Gasteiger partial charge in [0.1, 0.15) is 5.75 Å². The van der Waals surface area contributed by atoms with Gasteiger partial charge in [-0.3, -0.25) is 4.79 Å². The molecule has 0 aliphatic rings. The van der Waals surface area contributed by atoms with Gasteiger partial charge < -0.3 is 15.2 Å². The number of methoxy groups -OCH3 is 1. The highest BCUT2D eigenvalue weighted by Gasteiger charge is 2.18. The number of carbonyl (C=O) groups is 2. The van der Waals surface area contributed by atoms with Crippen LogP contribution in [0.25, 0.3) is 0 Å². The first-order valence-electron chi connectivity index (χ1n) is 6.56. The minimum Gasteiger partial charge on any atom is -0.508 e. The van der Waals surface area contributed by atoms with Gasteiger partial charge in [-0.15, -0.1) is 0 Å². The van der Waals surface area contributed by atoms with E-state index in [9.17, 15) is 14.7 Å². The molecule has 1 amide bonds. The van der Waals surface area contributed by atoms with Gasteiger partial charge in [-0.2, -0.15) is 0 Å². The SMILES string of the molecule is COC(=O)c1c(Cl)cc(C(=O)NCc2cccc(O)c2)cc1Cl. The molecule has 0 atom stereocenters. The third-order valence-corrected chi connectivity index (χ3v) is 3.65. The number of benzene rings is 2. The molecular weight excluding hydrogens is 341 g/mol. The van der Waals surface area contributed by atoms with Gasteiger partial charge in [0.05, 0.1) is 22.7 Å². The molecule has 0 aliphatic heterocycles. The fourth-order valence-electron chi connectivity index (χ4n) is 1.95. The Hall–Kier alpha value is -2.24. The van der Waals surface area contributed by atoms with Crippen molar-refractivity contribution in [2.24, 2.45) is 0 Å². The van der Waals surface area contributed by atoms with E-state index in [-0.39, 0.29) is 33.5 Å². The van der Waals surface area contributed by atoms with Crippen molar-refractivity contribution in [3.63, 3.8) is 0 Å². The van der Waals surface area contributed by atoms with Crippen LogP contribution in [-0.4, -0.2) is 24.1 Å². The predicted octanol–water partition coefficient (Wildman–Crippen LogP) is 3.42. The number of phenolic OH excluding ortho intramolecular Hbond substituents is 1. The van der Waals surface area contributed by atoms with Crippen molar-refractivity contribution in [2.45, 2.75) is 6.54 Å². The molecule has 0 fully saturated rings. The average Bonchev–Trinajstić information content (AvgIpc) is 2.51. The van der Waals surface area contributed by atoms with Crippen LogP contribution in [0.4, 0.5) is 0 Å². The third kappa shape index (κ3) is 4.15. The zero-order chi connectivity index (χ0) is 17.0. The number of hydrogen-bond donors (Lipinski definition) is 2. The minimum atomic E-state index is -0.674. The van der Waals surface area contributed by atoms with Gasteiger partial charge in [-0.25, -0.2) is 4.79 Å². The van der Waals surface area contributed by atoms with Crippen LogP contribution >= 0.6 is 23.2 Å². The summed E-state index contributed by atoms with van der Waals surface area (Å²) in [7, 11) is 1.21. The van der Waals surface area contributed by atoms with Crippen LogP contribution in [0.5, 0.6) is 5.75 Å². The second kappa shape index (κ2) is 7.35. The summed E-state index contributed by atoms with van der Waals surface area (Å²) in [6.45, 7) is 0.223. The van der Waals surface area contributed by atoms with E-state index < -0.39 is 11.9 Å². The van der Waals surface area contributed by atoms with Crippen LogP contribution in [-0.2, 0) is 11.3 Å². The summed E-state index contributed by atoms with van der Waals surface area (Å²) >= 11 is 12.0. The summed E-state index contributed by atoms with van der Waals surface area (Å²) in [5, 5.41) is 12.1. The van der Waals surface area contributed by atoms with Gasteiger partial charge in [-0.1, -0.05) is 35.3 Å². The van der Waals surface area contributed by atoms with Crippen molar-refractivity contribution in [2.75, 3.05) is 7.11 Å². The Morgan fingerprint density at radius 1 is 1.17 bits per heavy atom. The highest BCUT2D eigenvalue weighted by molar-refractivity contribution is 6.39. The smallest absolute Gasteiger partial charge is 0.340 e. The van der Waals surface area contributed by atoms with Crippen LogP contribution in [0.2, 0.25) is 10.0 Å². The lowest BCUT2D eigenvalue weighted by Crippen LogP contribution is -2.23. The van der Waals surface area contributed by atoms with E-state index >= 15 is 0 Å². The van der Waals surface area contributed by atoms with Gasteiger partial charge in [0.25, 0.3) is 5.91 Å². The number of hydrogen-bond acceptors (Lipinski definition) is 4. The van der Waals surface area contributed by atoms with Gasteiger partial charge in [-0.05, 0) is 29.8 Å². The fourth-order valence-corrected chi connectivity index (χ4v) is 2.59. The van der Waals surface area contributed by atoms with E-state index in [1.54, 1.807) is 18.2 Å². The lowest BCUT2D eigenvalue weighted by Gasteiger charge is -2.09. The van der Waals surface area contributed by atoms with Crippen LogP contribution in [0.1, 0.15) is 26.3 Å². The predicted molar refractivity (Wildman–Crippen MR) is 87.1 cm³/mol. The normalized spacial score (nSPS) is 10.2. The third-order valence-electron chi connectivity index (χ3n) is 3.06. The van der Waals surface area contributed by atoms with Crippen LogP contribution in [0.3, 0.4) is 0 Å². The molecule has 2 aromatic carbocycles. The van der Waals surface area contributed by atoms with Crippen LogP contribution in [0, 0.1) is 0 Å². The number of aromatic hydroxyl groups is 1. The molecule has 2 N–H and O–H groups in total. The summed E-state index contributed by atoms with van der Waals surface area (Å²) in [5.74, 6) is -0.967. The molecular formula is C16H13Cl2NO4. The first kappa shape index (κ1) is 17.1. The number of esters is 1. The fraction of sp³-hybridized carbons (Fsp3) is 0.125. The average molecular weight is 354 g/mol. The second-order valence-corrected chi connectivity index (χ2v) is 5.47. The Morgan fingerprint density at radius 2 is 1.83 bits per heavy atom. The van der Waals surface area contributed by atoms with Crippen molar-refractivity contribution in [3.8, 4) is 5.75 Å². The summed E-state index contributed by atoms with van der Waals surface area (Å²) in [6.07, 6.45) is 0. The number of rotatable bonds is 4. The highest BCUT2D eigenvalue weighted by atomic mass is 35.5. The van der Waals surface area contributed by atoms with Gasteiger partial charge in [0, 0.05) is 12.1 Å². The molecule has 0 spiro atoms. The van der Waals surface area contributed by atoms with Crippen molar-refractivity contribution < 1.29 is 19.4 Å². The molecule has 0 aliphatic carbocycles. The molecule has 2 rings (SSSR count). The monoisotopic (exact) mass is 353 g/mol. The van der Waals surface area contributed by atoms with Crippen molar-refractivity contribution in [1.82, 2.24) is 5.32 Å². The number of amides is 1. The summed E-state index contributed by atoms with van der Waals surface area (Å²) in [6, 6.07) is 9.21. The van der Waals surface area contributed by atoms with E-state index in [2.05, 4.69) is 10.1 Å². The molecule has 0 saturated heterocycles. The molecule has 23 heavy (non-hydrogen) atoms. The lowest BCUT2D eigenvalue weighted by atomic mass is 10.1. The molecule has 0 bridgehead atoms. The maximum Gasteiger partial charge on any atom is 0.340 e. The largest absolute Gasteiger partial charge is 0.508 e. The topological polar surface area (TPSA) is 75.6 Å². The van der Waals surface area contributed by atoms with E-state index in [0.29, 0.717) is 0 Å². The molecule has 0 aromatic heterocycles. The van der Waals surface area contributed by atoms with E-state index in [1.807, 2.05) is 0 Å². The number of nitrogens with one attached hydrogen (secondary N) is 1. The van der Waals surface area contributed by atoms with Crippen LogP contribution < -0.4 is 5.32 Å². The first-order chi connectivity index (χ1) is 10.9. The lowest BCUT2D eigenvalue weighted by molar-refractivity contribution is 0.0600. The van der Waals surface area contributed by atoms with Crippen LogP contribution in [0.15, 0.2) is 36.4 Å². The van der Waals surface area contributed by atoms with Crippen molar-refractivity contribution in [1.29, 1.82) is 0 Å². The zero-order valence-electron chi connectivity index (χ0n) is 12.1. The second-order valence-electron chi connectivity index (χ2n) is 4.66. The Balaban J connectivity index is 2.15. The summed E-state index contributed by atoms with van der Waals surface area (Å²) < 4.78 is 4.58. The molecule has 2 aromatic rings. The Bertz CT molecular complexity index is 738. The van der Waals surface area contributed by atoms with Gasteiger partial charge in [0.2, 0.25) is 0 Å². The van der Waals surface area contributed by atoms with Crippen molar-refractivity contribution >= 4 is 35.1 Å². The number of carbonyl (C=O) groups excluding carboxylic acids is 2. The quantitative estimate of drug-likeness (QED) is 0.825. The first-order valence-corrected chi connectivity index (χ1v) is 7.31. The number of ether oxygens (including phenoxy) is 1. The molecule has 0 heterocycles.